The second-order valence-corrected chi connectivity index (χ2v) is 8.25. The molecule has 0 atom stereocenters. The number of hydrogen-bond acceptors (Lipinski definition) is 6. The van der Waals surface area contributed by atoms with Crippen molar-refractivity contribution in [2.75, 3.05) is 12.4 Å². The molecule has 30 heavy (non-hydrogen) atoms. The van der Waals surface area contributed by atoms with Crippen LogP contribution < -0.4 is 14.8 Å². The minimum absolute atomic E-state index is 0.329. The lowest BCUT2D eigenvalue weighted by atomic mass is 10.2. The summed E-state index contributed by atoms with van der Waals surface area (Å²) < 4.78 is 14.1. The van der Waals surface area contributed by atoms with Gasteiger partial charge in [-0.3, -0.25) is 0 Å². The van der Waals surface area contributed by atoms with Gasteiger partial charge in [-0.1, -0.05) is 47.7 Å². The van der Waals surface area contributed by atoms with Crippen molar-refractivity contribution in [2.45, 2.75) is 39.5 Å². The molecule has 1 aromatic heterocycles. The van der Waals surface area contributed by atoms with Gasteiger partial charge in [0.1, 0.15) is 6.61 Å². The molecule has 1 N–H and O–H groups in total. The summed E-state index contributed by atoms with van der Waals surface area (Å²) in [6.45, 7) is 3.77. The van der Waals surface area contributed by atoms with E-state index in [1.165, 1.54) is 0 Å². The summed E-state index contributed by atoms with van der Waals surface area (Å²) in [6.07, 6.45) is 2.09. The van der Waals surface area contributed by atoms with Crippen LogP contribution in [-0.2, 0) is 19.7 Å². The minimum Gasteiger partial charge on any atom is -0.493 e. The van der Waals surface area contributed by atoms with E-state index in [4.69, 9.17) is 32.7 Å². The quantitative estimate of drug-likeness (QED) is 0.371. The first kappa shape index (κ1) is 22.7. The third-order valence-corrected chi connectivity index (χ3v) is 5.69. The maximum atomic E-state index is 6.08. The van der Waals surface area contributed by atoms with Crippen LogP contribution in [0, 0.1) is 0 Å². The first-order chi connectivity index (χ1) is 14.5. The highest BCUT2D eigenvalue weighted by molar-refractivity contribution is 9.10. The monoisotopic (exact) mass is 513 g/mol. The van der Waals surface area contributed by atoms with Crippen molar-refractivity contribution < 1.29 is 9.47 Å². The van der Waals surface area contributed by atoms with Gasteiger partial charge in [0, 0.05) is 13.1 Å². The van der Waals surface area contributed by atoms with Crippen molar-refractivity contribution in [3.63, 3.8) is 0 Å². The molecule has 0 unspecified atom stereocenters. The molecule has 7 nitrogen and oxygen atoms in total. The maximum Gasteiger partial charge on any atom is 0.243 e. The molecule has 0 aliphatic heterocycles. The number of hydrogen-bond donors (Lipinski definition) is 1. The molecule has 0 spiro atoms. The lowest BCUT2D eigenvalue weighted by molar-refractivity contribution is 0.282. The summed E-state index contributed by atoms with van der Waals surface area (Å²) in [6, 6.07) is 9.29. The Morgan fingerprint density at radius 1 is 1.13 bits per heavy atom. The van der Waals surface area contributed by atoms with Gasteiger partial charge < -0.3 is 14.8 Å². The topological polar surface area (TPSA) is 74.1 Å². The lowest BCUT2D eigenvalue weighted by Gasteiger charge is -2.15. The Hall–Kier alpha value is -2.03. The Balaban J connectivity index is 1.69. The fourth-order valence-corrected chi connectivity index (χ4v) is 3.70. The Labute approximate surface area is 193 Å². The zero-order valence-corrected chi connectivity index (χ0v) is 19.8. The second-order valence-electron chi connectivity index (χ2n) is 6.58. The molecule has 2 aromatic carbocycles. The predicted octanol–water partition coefficient (Wildman–Crippen LogP) is 5.74. The van der Waals surface area contributed by atoms with Crippen molar-refractivity contribution in [2.24, 2.45) is 0 Å². The summed E-state index contributed by atoms with van der Waals surface area (Å²) in [5.41, 5.74) is 1.90. The number of halogens is 3. The third-order valence-electron chi connectivity index (χ3n) is 4.36. The van der Waals surface area contributed by atoms with Crippen molar-refractivity contribution in [3.05, 3.63) is 56.0 Å². The van der Waals surface area contributed by atoms with E-state index < -0.39 is 0 Å². The molecule has 0 aliphatic carbocycles. The molecule has 0 saturated carbocycles. The van der Waals surface area contributed by atoms with Crippen LogP contribution in [0.15, 0.2) is 34.8 Å². The van der Waals surface area contributed by atoms with Crippen molar-refractivity contribution in [1.29, 1.82) is 0 Å². The van der Waals surface area contributed by atoms with E-state index in [-0.39, 0.29) is 0 Å². The molecule has 0 bridgehead atoms. The number of unbranched alkanes of at least 4 members (excludes halogenated alkanes) is 1. The Bertz CT molecular complexity index is 999. The van der Waals surface area contributed by atoms with Gasteiger partial charge in [0.2, 0.25) is 5.95 Å². The molecule has 1 heterocycles. The van der Waals surface area contributed by atoms with Crippen LogP contribution in [-0.4, -0.2) is 27.3 Å². The van der Waals surface area contributed by atoms with Crippen LogP contribution in [0.2, 0.25) is 10.0 Å². The van der Waals surface area contributed by atoms with Gasteiger partial charge in [-0.25, -0.2) is 4.68 Å². The van der Waals surface area contributed by atoms with Crippen LogP contribution in [0.1, 0.15) is 30.9 Å². The number of aromatic nitrogens is 4. The number of anilines is 1. The summed E-state index contributed by atoms with van der Waals surface area (Å²) >= 11 is 15.6. The SMILES string of the molecule is CCCCn1nnnc1NCc1cc(Br)c(OCc2ccc(Cl)c(Cl)c2)c(OC)c1. The average molecular weight is 515 g/mol. The fraction of sp³-hybridized carbons (Fsp3) is 0.350. The number of nitrogens with zero attached hydrogens (tertiary/aromatic N) is 4. The molecule has 0 aliphatic rings. The summed E-state index contributed by atoms with van der Waals surface area (Å²) in [4.78, 5) is 0. The van der Waals surface area contributed by atoms with Crippen LogP contribution in [0.4, 0.5) is 5.95 Å². The zero-order chi connectivity index (χ0) is 21.5. The van der Waals surface area contributed by atoms with E-state index in [1.807, 2.05) is 18.2 Å². The van der Waals surface area contributed by atoms with Crippen molar-refractivity contribution in [1.82, 2.24) is 20.2 Å². The Kier molecular flexibility index (Phi) is 8.18. The van der Waals surface area contributed by atoms with Crippen LogP contribution in [0.3, 0.4) is 0 Å². The molecule has 0 amide bonds. The fourth-order valence-electron chi connectivity index (χ4n) is 2.77. The van der Waals surface area contributed by atoms with Crippen LogP contribution in [0.5, 0.6) is 11.5 Å². The van der Waals surface area contributed by atoms with Crippen molar-refractivity contribution in [3.8, 4) is 11.5 Å². The van der Waals surface area contributed by atoms with E-state index in [0.29, 0.717) is 40.6 Å². The van der Waals surface area contributed by atoms with E-state index in [9.17, 15) is 0 Å². The number of methoxy groups -OCH3 is 1. The Morgan fingerprint density at radius 3 is 2.70 bits per heavy atom. The number of rotatable bonds is 10. The Morgan fingerprint density at radius 2 is 1.97 bits per heavy atom. The minimum atomic E-state index is 0.329. The number of benzene rings is 2. The van der Waals surface area contributed by atoms with Gasteiger partial charge >= 0.3 is 0 Å². The summed E-state index contributed by atoms with van der Waals surface area (Å²) in [5, 5.41) is 16.1. The van der Waals surface area contributed by atoms with Crippen LogP contribution >= 0.6 is 39.1 Å². The standard InChI is InChI=1S/C20H22BrCl2N5O2/c1-3-4-7-28-20(25-26-27-28)24-11-14-8-15(21)19(18(10-14)29-2)30-12-13-5-6-16(22)17(23)9-13/h5-6,8-10H,3-4,7,11-12H2,1-2H3,(H,24,25,27). The first-order valence-electron chi connectivity index (χ1n) is 9.45. The molecular formula is C20H22BrCl2N5O2. The van der Waals surface area contributed by atoms with E-state index in [0.717, 1.165) is 35.0 Å². The number of ether oxygens (including phenoxy) is 2. The van der Waals surface area contributed by atoms with Gasteiger partial charge in [0.05, 0.1) is 21.6 Å². The van der Waals surface area contributed by atoms with E-state index >= 15 is 0 Å². The molecule has 0 radical (unpaired) electrons. The molecular weight excluding hydrogens is 493 g/mol. The lowest BCUT2D eigenvalue weighted by Crippen LogP contribution is -2.09. The smallest absolute Gasteiger partial charge is 0.243 e. The molecule has 3 rings (SSSR count). The largest absolute Gasteiger partial charge is 0.493 e. The maximum absolute atomic E-state index is 6.08. The highest BCUT2D eigenvalue weighted by Crippen LogP contribution is 2.37. The molecule has 3 aromatic rings. The van der Waals surface area contributed by atoms with E-state index in [1.54, 1.807) is 23.9 Å². The zero-order valence-electron chi connectivity index (χ0n) is 16.7. The van der Waals surface area contributed by atoms with Gasteiger partial charge in [-0.15, -0.1) is 0 Å². The predicted molar refractivity (Wildman–Crippen MR) is 122 cm³/mol. The second kappa shape index (κ2) is 10.8. The van der Waals surface area contributed by atoms with Crippen molar-refractivity contribution >= 4 is 45.1 Å². The molecule has 0 saturated heterocycles. The van der Waals surface area contributed by atoms with Crippen LogP contribution in [0.25, 0.3) is 0 Å². The molecule has 10 heteroatoms. The van der Waals surface area contributed by atoms with Gasteiger partial charge in [-0.05, 0) is 68.2 Å². The third kappa shape index (κ3) is 5.77. The molecule has 160 valence electrons. The van der Waals surface area contributed by atoms with Gasteiger partial charge in [0.15, 0.2) is 11.5 Å². The number of tetrazole rings is 1. The summed E-state index contributed by atoms with van der Waals surface area (Å²) in [7, 11) is 1.61. The summed E-state index contributed by atoms with van der Waals surface area (Å²) in [5.74, 6) is 1.87. The van der Waals surface area contributed by atoms with E-state index in [2.05, 4.69) is 43.7 Å². The highest BCUT2D eigenvalue weighted by atomic mass is 79.9. The van der Waals surface area contributed by atoms with Gasteiger partial charge in [-0.2, -0.15) is 0 Å². The normalized spacial score (nSPS) is 10.8. The number of aryl methyl sites for hydroxylation is 1. The van der Waals surface area contributed by atoms with Gasteiger partial charge in [0.25, 0.3) is 0 Å². The molecule has 0 fully saturated rings. The average Bonchev–Trinajstić information content (AvgIpc) is 3.19. The number of nitrogens with one attached hydrogen (secondary N) is 1. The first-order valence-corrected chi connectivity index (χ1v) is 11.0. The highest BCUT2D eigenvalue weighted by Gasteiger charge is 2.13.